The standard InChI is InChI=1S/C18H20O3/c1-2-20-16-10-12-17(13-11-16)21-14-6-9-18(19)15-7-4-3-5-8-15/h3-5,7-8,10-13H,2,6,9,14H2,1H3. The average Bonchev–Trinajstić information content (AvgIpc) is 2.54. The predicted molar refractivity (Wildman–Crippen MR) is 83.1 cm³/mol. The second kappa shape index (κ2) is 8.10. The average molecular weight is 284 g/mol. The number of carbonyl (C=O) groups is 1. The molecule has 2 rings (SSSR count). The van der Waals surface area contributed by atoms with E-state index >= 15 is 0 Å². The summed E-state index contributed by atoms with van der Waals surface area (Å²) in [5.74, 6) is 1.79. The summed E-state index contributed by atoms with van der Waals surface area (Å²) in [6.45, 7) is 3.14. The number of hydrogen-bond acceptors (Lipinski definition) is 3. The monoisotopic (exact) mass is 284 g/mol. The van der Waals surface area contributed by atoms with Crippen LogP contribution in [0.3, 0.4) is 0 Å². The van der Waals surface area contributed by atoms with E-state index in [9.17, 15) is 4.79 Å². The molecule has 0 amide bonds. The van der Waals surface area contributed by atoms with Gasteiger partial charge in [0.15, 0.2) is 5.78 Å². The van der Waals surface area contributed by atoms with Crippen molar-refractivity contribution in [2.24, 2.45) is 0 Å². The maximum absolute atomic E-state index is 11.9. The quantitative estimate of drug-likeness (QED) is 0.540. The highest BCUT2D eigenvalue weighted by Crippen LogP contribution is 2.17. The van der Waals surface area contributed by atoms with Crippen molar-refractivity contribution in [2.75, 3.05) is 13.2 Å². The summed E-state index contributed by atoms with van der Waals surface area (Å²) in [6, 6.07) is 16.9. The molecule has 3 nitrogen and oxygen atoms in total. The maximum atomic E-state index is 11.9. The van der Waals surface area contributed by atoms with Crippen LogP contribution in [0.2, 0.25) is 0 Å². The number of Topliss-reactive ketones (excluding diaryl/α,β-unsaturated/α-hetero) is 1. The highest BCUT2D eigenvalue weighted by atomic mass is 16.5. The van der Waals surface area contributed by atoms with Crippen LogP contribution in [0.1, 0.15) is 30.1 Å². The third-order valence-corrected chi connectivity index (χ3v) is 3.05. The molecule has 0 bridgehead atoms. The fourth-order valence-corrected chi connectivity index (χ4v) is 1.99. The molecule has 0 saturated carbocycles. The van der Waals surface area contributed by atoms with Crippen molar-refractivity contribution < 1.29 is 14.3 Å². The predicted octanol–water partition coefficient (Wildman–Crippen LogP) is 4.13. The first-order valence-corrected chi connectivity index (χ1v) is 7.23. The van der Waals surface area contributed by atoms with Crippen molar-refractivity contribution in [3.63, 3.8) is 0 Å². The third kappa shape index (κ3) is 4.95. The SMILES string of the molecule is CCOc1ccc(OCCCC(=O)c2ccccc2)cc1. The Hall–Kier alpha value is -2.29. The van der Waals surface area contributed by atoms with E-state index in [0.29, 0.717) is 26.1 Å². The lowest BCUT2D eigenvalue weighted by molar-refractivity contribution is 0.0973. The van der Waals surface area contributed by atoms with Gasteiger partial charge in [0.2, 0.25) is 0 Å². The summed E-state index contributed by atoms with van der Waals surface area (Å²) < 4.78 is 11.0. The van der Waals surface area contributed by atoms with Crippen LogP contribution in [0.15, 0.2) is 54.6 Å². The van der Waals surface area contributed by atoms with Crippen LogP contribution in [0, 0.1) is 0 Å². The zero-order valence-electron chi connectivity index (χ0n) is 12.2. The van der Waals surface area contributed by atoms with Gasteiger partial charge in [-0.05, 0) is 37.6 Å². The van der Waals surface area contributed by atoms with Crippen LogP contribution in [-0.2, 0) is 0 Å². The van der Waals surface area contributed by atoms with E-state index in [1.54, 1.807) is 0 Å². The van der Waals surface area contributed by atoms with Gasteiger partial charge in [0.1, 0.15) is 11.5 Å². The Morgan fingerprint density at radius 2 is 1.52 bits per heavy atom. The first-order valence-electron chi connectivity index (χ1n) is 7.23. The Morgan fingerprint density at radius 3 is 2.14 bits per heavy atom. The smallest absolute Gasteiger partial charge is 0.163 e. The van der Waals surface area contributed by atoms with E-state index in [0.717, 1.165) is 17.1 Å². The number of ether oxygens (including phenoxy) is 2. The minimum atomic E-state index is 0.158. The van der Waals surface area contributed by atoms with Crippen molar-refractivity contribution in [1.82, 2.24) is 0 Å². The van der Waals surface area contributed by atoms with Gasteiger partial charge < -0.3 is 9.47 Å². The lowest BCUT2D eigenvalue weighted by Gasteiger charge is -2.07. The molecule has 110 valence electrons. The highest BCUT2D eigenvalue weighted by Gasteiger charge is 2.04. The molecule has 0 radical (unpaired) electrons. The largest absolute Gasteiger partial charge is 0.494 e. The normalized spacial score (nSPS) is 10.1. The molecule has 0 spiro atoms. The third-order valence-electron chi connectivity index (χ3n) is 3.05. The molecule has 0 heterocycles. The number of ketones is 1. The van der Waals surface area contributed by atoms with Gasteiger partial charge in [-0.2, -0.15) is 0 Å². The summed E-state index contributed by atoms with van der Waals surface area (Å²) in [5.41, 5.74) is 0.763. The first kappa shape index (κ1) is 15.1. The number of hydrogen-bond donors (Lipinski definition) is 0. The lowest BCUT2D eigenvalue weighted by Crippen LogP contribution is -2.03. The van der Waals surface area contributed by atoms with Crippen molar-refractivity contribution >= 4 is 5.78 Å². The van der Waals surface area contributed by atoms with Gasteiger partial charge in [0, 0.05) is 12.0 Å². The zero-order valence-corrected chi connectivity index (χ0v) is 12.2. The maximum Gasteiger partial charge on any atom is 0.163 e. The molecule has 0 fully saturated rings. The second-order valence-electron chi connectivity index (χ2n) is 4.65. The minimum Gasteiger partial charge on any atom is -0.494 e. The topological polar surface area (TPSA) is 35.5 Å². The van der Waals surface area contributed by atoms with Gasteiger partial charge in [-0.25, -0.2) is 0 Å². The van der Waals surface area contributed by atoms with Crippen LogP contribution in [0.4, 0.5) is 0 Å². The molecule has 0 aliphatic carbocycles. The first-order chi connectivity index (χ1) is 10.3. The van der Waals surface area contributed by atoms with Crippen molar-refractivity contribution in [3.8, 4) is 11.5 Å². The van der Waals surface area contributed by atoms with E-state index in [2.05, 4.69) is 0 Å². The molecule has 0 aliphatic heterocycles. The summed E-state index contributed by atoms with van der Waals surface area (Å²) in [4.78, 5) is 11.9. The number of benzene rings is 2. The molecule has 2 aromatic rings. The van der Waals surface area contributed by atoms with Crippen molar-refractivity contribution in [2.45, 2.75) is 19.8 Å². The van der Waals surface area contributed by atoms with Crippen LogP contribution < -0.4 is 9.47 Å². The molecule has 0 unspecified atom stereocenters. The summed E-state index contributed by atoms with van der Waals surface area (Å²) in [5, 5.41) is 0. The van der Waals surface area contributed by atoms with E-state index in [4.69, 9.17) is 9.47 Å². The molecule has 21 heavy (non-hydrogen) atoms. The minimum absolute atomic E-state index is 0.158. The number of rotatable bonds is 8. The van der Waals surface area contributed by atoms with Crippen molar-refractivity contribution in [1.29, 1.82) is 0 Å². The summed E-state index contributed by atoms with van der Waals surface area (Å²) >= 11 is 0. The van der Waals surface area contributed by atoms with Gasteiger partial charge in [0.05, 0.1) is 13.2 Å². The number of carbonyl (C=O) groups excluding carboxylic acids is 1. The highest BCUT2D eigenvalue weighted by molar-refractivity contribution is 5.95. The molecular weight excluding hydrogens is 264 g/mol. The van der Waals surface area contributed by atoms with Crippen molar-refractivity contribution in [3.05, 3.63) is 60.2 Å². The fourth-order valence-electron chi connectivity index (χ4n) is 1.99. The van der Waals surface area contributed by atoms with E-state index in [1.807, 2.05) is 61.5 Å². The van der Waals surface area contributed by atoms with Crippen LogP contribution in [-0.4, -0.2) is 19.0 Å². The fraction of sp³-hybridized carbons (Fsp3) is 0.278. The van der Waals surface area contributed by atoms with Crippen LogP contribution in [0.25, 0.3) is 0 Å². The van der Waals surface area contributed by atoms with E-state index < -0.39 is 0 Å². The Balaban J connectivity index is 1.71. The molecule has 0 aromatic heterocycles. The molecule has 0 N–H and O–H groups in total. The molecular formula is C18H20O3. The molecule has 3 heteroatoms. The molecule has 2 aromatic carbocycles. The Labute approximate surface area is 125 Å². The van der Waals surface area contributed by atoms with Gasteiger partial charge in [0.25, 0.3) is 0 Å². The Bertz CT molecular complexity index is 546. The molecule has 0 saturated heterocycles. The molecule has 0 aliphatic rings. The summed E-state index contributed by atoms with van der Waals surface area (Å²) in [7, 11) is 0. The molecule has 0 atom stereocenters. The van der Waals surface area contributed by atoms with E-state index in [-0.39, 0.29) is 5.78 Å². The summed E-state index contributed by atoms with van der Waals surface area (Å²) in [6.07, 6.45) is 1.21. The Kier molecular flexibility index (Phi) is 5.83. The second-order valence-corrected chi connectivity index (χ2v) is 4.65. The van der Waals surface area contributed by atoms with Gasteiger partial charge in [-0.15, -0.1) is 0 Å². The van der Waals surface area contributed by atoms with Gasteiger partial charge in [-0.1, -0.05) is 30.3 Å². The zero-order chi connectivity index (χ0) is 14.9. The van der Waals surface area contributed by atoms with Gasteiger partial charge >= 0.3 is 0 Å². The van der Waals surface area contributed by atoms with Crippen LogP contribution >= 0.6 is 0 Å². The van der Waals surface area contributed by atoms with Crippen LogP contribution in [0.5, 0.6) is 11.5 Å². The van der Waals surface area contributed by atoms with Gasteiger partial charge in [-0.3, -0.25) is 4.79 Å². The Morgan fingerprint density at radius 1 is 0.905 bits per heavy atom. The van der Waals surface area contributed by atoms with E-state index in [1.165, 1.54) is 0 Å². The lowest BCUT2D eigenvalue weighted by atomic mass is 10.1.